The zero-order chi connectivity index (χ0) is 22.6. The maximum absolute atomic E-state index is 14.4. The number of carbonyl (C=O) groups excluding carboxylic acids is 1. The second-order valence-corrected chi connectivity index (χ2v) is 8.16. The third-order valence-corrected chi connectivity index (χ3v) is 5.26. The van der Waals surface area contributed by atoms with E-state index in [0.29, 0.717) is 0 Å². The highest BCUT2D eigenvalue weighted by Gasteiger charge is 2.37. The van der Waals surface area contributed by atoms with Gasteiger partial charge in [-0.25, -0.2) is 17.7 Å². The van der Waals surface area contributed by atoms with Gasteiger partial charge in [-0.3, -0.25) is 4.79 Å². The fraction of sp³-hybridized carbons (Fsp3) is 0.316. The number of para-hydroxylation sites is 1. The first-order valence-electron chi connectivity index (χ1n) is 8.80. The summed E-state index contributed by atoms with van der Waals surface area (Å²) in [4.78, 5) is 12.0. The van der Waals surface area contributed by atoms with Crippen LogP contribution in [0.15, 0.2) is 30.3 Å². The van der Waals surface area contributed by atoms with Crippen LogP contribution in [-0.2, 0) is 14.1 Å². The highest BCUT2D eigenvalue weighted by atomic mass is 31.2. The van der Waals surface area contributed by atoms with Crippen LogP contribution in [0.25, 0.3) is 0 Å². The first-order valence-corrected chi connectivity index (χ1v) is 10.3. The summed E-state index contributed by atoms with van der Waals surface area (Å²) >= 11 is 0. The lowest BCUT2D eigenvalue weighted by Gasteiger charge is -2.24. The third kappa shape index (κ3) is 5.52. The van der Waals surface area contributed by atoms with Crippen LogP contribution in [0.2, 0.25) is 0 Å². The molecule has 164 valence electrons. The number of benzene rings is 2. The molecule has 2 atom stereocenters. The molecule has 0 amide bonds. The number of esters is 1. The van der Waals surface area contributed by atoms with Gasteiger partial charge in [0, 0.05) is 5.56 Å². The van der Waals surface area contributed by atoms with Crippen LogP contribution < -0.4 is 14.1 Å². The van der Waals surface area contributed by atoms with Crippen molar-refractivity contribution in [1.29, 1.82) is 0 Å². The van der Waals surface area contributed by atoms with E-state index >= 15 is 0 Å². The van der Waals surface area contributed by atoms with Gasteiger partial charge in [-0.2, -0.15) is 9.48 Å². The zero-order valence-corrected chi connectivity index (χ0v) is 17.4. The van der Waals surface area contributed by atoms with E-state index in [1.165, 1.54) is 31.2 Å². The minimum atomic E-state index is -4.75. The van der Waals surface area contributed by atoms with Crippen molar-refractivity contribution >= 4 is 13.7 Å². The molecule has 0 aromatic heterocycles. The number of hydrogen-bond donors (Lipinski definition) is 1. The quantitative estimate of drug-likeness (QED) is 0.200. The van der Waals surface area contributed by atoms with E-state index in [0.717, 1.165) is 6.92 Å². The molecule has 1 unspecified atom stereocenters. The van der Waals surface area contributed by atoms with Gasteiger partial charge in [0.25, 0.3) is 0 Å². The molecule has 0 aliphatic heterocycles. The molecule has 1 N–H and O–H groups in total. The first kappa shape index (κ1) is 23.7. The fourth-order valence-corrected chi connectivity index (χ4v) is 3.76. The van der Waals surface area contributed by atoms with Crippen molar-refractivity contribution in [2.45, 2.75) is 39.8 Å². The predicted molar refractivity (Wildman–Crippen MR) is 100 cm³/mol. The van der Waals surface area contributed by atoms with E-state index in [4.69, 9.17) is 13.8 Å². The zero-order valence-electron chi connectivity index (χ0n) is 16.5. The van der Waals surface area contributed by atoms with Gasteiger partial charge in [0.1, 0.15) is 11.8 Å². The summed E-state index contributed by atoms with van der Waals surface area (Å²) in [6.45, 7) is 5.25. The number of rotatable bonds is 8. The second kappa shape index (κ2) is 9.49. The molecule has 0 spiro atoms. The molecule has 11 heteroatoms. The van der Waals surface area contributed by atoms with Gasteiger partial charge in [0.15, 0.2) is 17.5 Å². The lowest BCUT2D eigenvalue weighted by molar-refractivity contribution is -0.149. The normalized spacial score (nSPS) is 14.2. The summed E-state index contributed by atoms with van der Waals surface area (Å²) in [7, 11) is -4.75. The Morgan fingerprint density at radius 3 is 2.10 bits per heavy atom. The molecular formula is C19H20F4NO5P. The number of ether oxygens (including phenoxy) is 1. The molecule has 0 aliphatic carbocycles. The maximum atomic E-state index is 14.4. The van der Waals surface area contributed by atoms with Crippen LogP contribution in [0.5, 0.6) is 11.5 Å². The number of hydrogen-bond acceptors (Lipinski definition) is 5. The van der Waals surface area contributed by atoms with Gasteiger partial charge >= 0.3 is 13.7 Å². The monoisotopic (exact) mass is 449 g/mol. The van der Waals surface area contributed by atoms with Crippen LogP contribution in [0.1, 0.15) is 26.3 Å². The SMILES string of the molecule is Cc1c(F)c(F)c(F)c(OP(=O)(N[C@H](C)C(=O)OC(C)C)Oc2ccccc2)c1F. The highest BCUT2D eigenvalue weighted by molar-refractivity contribution is 7.52. The van der Waals surface area contributed by atoms with Crippen molar-refractivity contribution in [2.75, 3.05) is 0 Å². The van der Waals surface area contributed by atoms with Crippen molar-refractivity contribution in [2.24, 2.45) is 0 Å². The Hall–Kier alpha value is -2.58. The van der Waals surface area contributed by atoms with Gasteiger partial charge in [-0.15, -0.1) is 0 Å². The molecule has 0 saturated carbocycles. The van der Waals surface area contributed by atoms with E-state index in [9.17, 15) is 26.9 Å². The van der Waals surface area contributed by atoms with Crippen molar-refractivity contribution in [3.63, 3.8) is 0 Å². The van der Waals surface area contributed by atoms with Gasteiger partial charge in [0.05, 0.1) is 6.10 Å². The maximum Gasteiger partial charge on any atom is 0.513 e. The molecule has 6 nitrogen and oxygen atoms in total. The Balaban J connectivity index is 2.45. The summed E-state index contributed by atoms with van der Waals surface area (Å²) in [5, 5.41) is 2.19. The summed E-state index contributed by atoms with van der Waals surface area (Å²) < 4.78 is 84.2. The van der Waals surface area contributed by atoms with Crippen molar-refractivity contribution < 1.29 is 40.7 Å². The van der Waals surface area contributed by atoms with Crippen molar-refractivity contribution in [3.8, 4) is 11.5 Å². The molecule has 2 aromatic carbocycles. The van der Waals surface area contributed by atoms with Crippen molar-refractivity contribution in [1.82, 2.24) is 5.09 Å². The Morgan fingerprint density at radius 2 is 1.53 bits per heavy atom. The predicted octanol–water partition coefficient (Wildman–Crippen LogP) is 5.05. The summed E-state index contributed by atoms with van der Waals surface area (Å²) in [6.07, 6.45) is -0.499. The summed E-state index contributed by atoms with van der Waals surface area (Å²) in [5.74, 6) is -9.76. The fourth-order valence-electron chi connectivity index (χ4n) is 2.24. The molecule has 0 bridgehead atoms. The number of nitrogens with one attached hydrogen (secondary N) is 1. The molecule has 0 radical (unpaired) electrons. The highest BCUT2D eigenvalue weighted by Crippen LogP contribution is 2.47. The van der Waals surface area contributed by atoms with Gasteiger partial charge in [0.2, 0.25) is 11.6 Å². The lowest BCUT2D eigenvalue weighted by atomic mass is 10.2. The number of carbonyl (C=O) groups is 1. The van der Waals surface area contributed by atoms with Crippen LogP contribution in [-0.4, -0.2) is 18.1 Å². The van der Waals surface area contributed by atoms with Crippen LogP contribution in [0.4, 0.5) is 17.6 Å². The average Bonchev–Trinajstić information content (AvgIpc) is 2.68. The largest absolute Gasteiger partial charge is 0.513 e. The first-order chi connectivity index (χ1) is 13.9. The van der Waals surface area contributed by atoms with E-state index < -0.39 is 60.4 Å². The number of halogens is 4. The van der Waals surface area contributed by atoms with Gasteiger partial charge < -0.3 is 13.8 Å². The molecular weight excluding hydrogens is 429 g/mol. The minimum Gasteiger partial charge on any atom is -0.462 e. The molecule has 0 saturated heterocycles. The third-order valence-electron chi connectivity index (χ3n) is 3.68. The van der Waals surface area contributed by atoms with E-state index in [1.807, 2.05) is 0 Å². The molecule has 2 rings (SSSR count). The van der Waals surface area contributed by atoms with E-state index in [2.05, 4.69) is 5.09 Å². The molecule has 2 aromatic rings. The topological polar surface area (TPSA) is 73.9 Å². The minimum absolute atomic E-state index is 0.0436. The molecule has 0 fully saturated rings. The Labute approximate surface area is 170 Å². The second-order valence-electron chi connectivity index (χ2n) is 6.54. The Bertz CT molecular complexity index is 942. The van der Waals surface area contributed by atoms with Crippen LogP contribution in [0, 0.1) is 30.2 Å². The average molecular weight is 449 g/mol. The summed E-state index contributed by atoms with van der Waals surface area (Å²) in [6, 6.07) is 6.06. The van der Waals surface area contributed by atoms with Gasteiger partial charge in [-0.1, -0.05) is 18.2 Å². The lowest BCUT2D eigenvalue weighted by Crippen LogP contribution is -2.37. The van der Waals surface area contributed by atoms with E-state index in [1.54, 1.807) is 19.9 Å². The smallest absolute Gasteiger partial charge is 0.462 e. The van der Waals surface area contributed by atoms with Gasteiger partial charge in [-0.05, 0) is 39.8 Å². The molecule has 0 heterocycles. The van der Waals surface area contributed by atoms with Crippen LogP contribution in [0.3, 0.4) is 0 Å². The Morgan fingerprint density at radius 1 is 0.933 bits per heavy atom. The van der Waals surface area contributed by atoms with Crippen molar-refractivity contribution in [3.05, 3.63) is 59.2 Å². The standard InChI is InChI=1S/C19H20F4NO5P/c1-10(2)27-19(25)12(4)24-30(26,28-13-8-6-5-7-9-13)29-18-15(21)11(3)14(20)16(22)17(18)23/h5-10,12H,1-4H3,(H,24,26)/t12-,30?/m1/s1. The Kier molecular flexibility index (Phi) is 7.49. The summed E-state index contributed by atoms with van der Waals surface area (Å²) in [5.41, 5.74) is -0.887. The van der Waals surface area contributed by atoms with Crippen LogP contribution >= 0.6 is 7.75 Å². The molecule has 0 aliphatic rings. The molecule has 30 heavy (non-hydrogen) atoms. The van der Waals surface area contributed by atoms with E-state index in [-0.39, 0.29) is 5.75 Å².